The first kappa shape index (κ1) is 13.8. The van der Waals surface area contributed by atoms with E-state index in [0.717, 1.165) is 11.4 Å². The van der Waals surface area contributed by atoms with Crippen molar-refractivity contribution >= 4 is 0 Å². The van der Waals surface area contributed by atoms with Gasteiger partial charge in [0.25, 0.3) is 0 Å². The molecule has 0 bridgehead atoms. The van der Waals surface area contributed by atoms with Crippen LogP contribution < -0.4 is 0 Å². The van der Waals surface area contributed by atoms with Crippen LogP contribution in [0.25, 0.3) is 0 Å². The first-order valence-electron chi connectivity index (χ1n) is 5.69. The summed E-state index contributed by atoms with van der Waals surface area (Å²) in [6.45, 7) is 5.96. The van der Waals surface area contributed by atoms with E-state index in [0.29, 0.717) is 0 Å². The lowest BCUT2D eigenvalue weighted by Gasteiger charge is -1.70. The molecule has 0 aliphatic rings. The van der Waals surface area contributed by atoms with Crippen molar-refractivity contribution in [2.45, 2.75) is 20.8 Å². The number of nitrogens with zero attached hydrogens (tertiary/aromatic N) is 2. The van der Waals surface area contributed by atoms with E-state index in [1.807, 2.05) is 45.2 Å². The lowest BCUT2D eigenvalue weighted by atomic mass is 10.5. The van der Waals surface area contributed by atoms with E-state index < -0.39 is 0 Å². The number of H-pyrrole nitrogens is 3. The second-order valence-corrected chi connectivity index (χ2v) is 3.83. The maximum absolute atomic E-state index is 3.77. The van der Waals surface area contributed by atoms with E-state index in [1.165, 1.54) is 5.69 Å². The lowest BCUT2D eigenvalue weighted by molar-refractivity contribution is 1.05. The van der Waals surface area contributed by atoms with Crippen molar-refractivity contribution in [3.63, 3.8) is 0 Å². The highest BCUT2D eigenvalue weighted by molar-refractivity contribution is 4.99. The van der Waals surface area contributed by atoms with E-state index >= 15 is 0 Å². The summed E-state index contributed by atoms with van der Waals surface area (Å²) < 4.78 is 0. The molecule has 0 radical (unpaired) electrons. The number of hydrogen-bond acceptors (Lipinski definition) is 2. The fourth-order valence-electron chi connectivity index (χ4n) is 1.07. The number of hydrogen-bond donors (Lipinski definition) is 3. The Labute approximate surface area is 107 Å². The van der Waals surface area contributed by atoms with Gasteiger partial charge in [-0.3, -0.25) is 5.10 Å². The molecule has 0 saturated heterocycles. The zero-order valence-corrected chi connectivity index (χ0v) is 10.9. The predicted octanol–water partition coefficient (Wildman–Crippen LogP) is 2.76. The minimum atomic E-state index is 1.11. The van der Waals surface area contributed by atoms with Crippen molar-refractivity contribution in [2.24, 2.45) is 0 Å². The molecule has 18 heavy (non-hydrogen) atoms. The van der Waals surface area contributed by atoms with Gasteiger partial charge in [0.15, 0.2) is 0 Å². The molecule has 0 atom stereocenters. The Balaban J connectivity index is 0.000000135. The molecule has 5 heteroatoms. The van der Waals surface area contributed by atoms with E-state index in [9.17, 15) is 0 Å². The number of aromatic nitrogens is 5. The molecule has 3 heterocycles. The van der Waals surface area contributed by atoms with Crippen LogP contribution in [0.2, 0.25) is 0 Å². The SMILES string of the molecule is Cc1ccc[nH]1.Cc1ccn[nH]1.Cc1cnc[nH]1. The smallest absolute Gasteiger partial charge is 0.0921 e. The van der Waals surface area contributed by atoms with Gasteiger partial charge in [-0.15, -0.1) is 0 Å². The third-order valence-corrected chi connectivity index (χ3v) is 2.03. The van der Waals surface area contributed by atoms with Gasteiger partial charge in [-0.25, -0.2) is 4.98 Å². The summed E-state index contributed by atoms with van der Waals surface area (Å²) in [6.07, 6.45) is 7.08. The van der Waals surface area contributed by atoms with Gasteiger partial charge in [0, 0.05) is 35.7 Å². The third kappa shape index (κ3) is 6.32. The number of nitrogens with one attached hydrogen (secondary N) is 3. The molecular weight excluding hydrogens is 226 g/mol. The van der Waals surface area contributed by atoms with Crippen LogP contribution in [0.4, 0.5) is 0 Å². The van der Waals surface area contributed by atoms with Crippen molar-refractivity contribution in [1.29, 1.82) is 0 Å². The Kier molecular flexibility index (Phi) is 6.03. The monoisotopic (exact) mass is 245 g/mol. The van der Waals surface area contributed by atoms with Crippen LogP contribution >= 0.6 is 0 Å². The Morgan fingerprint density at radius 1 is 0.944 bits per heavy atom. The van der Waals surface area contributed by atoms with Crippen molar-refractivity contribution in [1.82, 2.24) is 25.1 Å². The third-order valence-electron chi connectivity index (χ3n) is 2.03. The summed E-state index contributed by atoms with van der Waals surface area (Å²) in [5, 5.41) is 6.45. The number of aromatic amines is 3. The van der Waals surface area contributed by atoms with Gasteiger partial charge in [-0.1, -0.05) is 0 Å². The molecular formula is C13H19N5. The molecule has 0 saturated carbocycles. The first-order valence-corrected chi connectivity index (χ1v) is 5.69. The fourth-order valence-corrected chi connectivity index (χ4v) is 1.07. The van der Waals surface area contributed by atoms with Crippen molar-refractivity contribution in [3.8, 4) is 0 Å². The fraction of sp³-hybridized carbons (Fsp3) is 0.231. The average Bonchev–Trinajstić information content (AvgIpc) is 3.05. The highest BCUT2D eigenvalue weighted by Gasteiger charge is 1.74. The van der Waals surface area contributed by atoms with Gasteiger partial charge < -0.3 is 9.97 Å². The van der Waals surface area contributed by atoms with Crippen LogP contribution in [0.1, 0.15) is 17.1 Å². The predicted molar refractivity (Wildman–Crippen MR) is 72.2 cm³/mol. The van der Waals surface area contributed by atoms with E-state index in [2.05, 4.69) is 25.1 Å². The van der Waals surface area contributed by atoms with Crippen LogP contribution in [-0.4, -0.2) is 25.1 Å². The van der Waals surface area contributed by atoms with Gasteiger partial charge in [0.2, 0.25) is 0 Å². The molecule has 3 aromatic heterocycles. The van der Waals surface area contributed by atoms with Crippen LogP contribution in [0.15, 0.2) is 43.1 Å². The molecule has 0 aromatic carbocycles. The molecule has 0 amide bonds. The minimum absolute atomic E-state index is 1.11. The van der Waals surface area contributed by atoms with E-state index in [1.54, 1.807) is 18.7 Å². The largest absolute Gasteiger partial charge is 0.365 e. The summed E-state index contributed by atoms with van der Waals surface area (Å²) in [6, 6.07) is 5.93. The molecule has 0 unspecified atom stereocenters. The highest BCUT2D eigenvalue weighted by atomic mass is 15.1. The van der Waals surface area contributed by atoms with Gasteiger partial charge in [-0.2, -0.15) is 5.10 Å². The van der Waals surface area contributed by atoms with Gasteiger partial charge >= 0.3 is 0 Å². The maximum Gasteiger partial charge on any atom is 0.0921 e. The normalized spacial score (nSPS) is 8.83. The van der Waals surface area contributed by atoms with Gasteiger partial charge in [0.1, 0.15) is 0 Å². The molecule has 3 N–H and O–H groups in total. The Bertz CT molecular complexity index is 403. The average molecular weight is 245 g/mol. The summed E-state index contributed by atoms with van der Waals surface area (Å²) in [5.74, 6) is 0. The van der Waals surface area contributed by atoms with Crippen LogP contribution in [-0.2, 0) is 0 Å². The van der Waals surface area contributed by atoms with Gasteiger partial charge in [0.05, 0.1) is 6.33 Å². The quantitative estimate of drug-likeness (QED) is 0.569. The zero-order chi connectivity index (χ0) is 13.2. The first-order chi connectivity index (χ1) is 8.68. The van der Waals surface area contributed by atoms with E-state index in [-0.39, 0.29) is 0 Å². The molecule has 5 nitrogen and oxygen atoms in total. The maximum atomic E-state index is 3.77. The highest BCUT2D eigenvalue weighted by Crippen LogP contribution is 1.86. The molecule has 0 aliphatic heterocycles. The molecule has 3 aromatic rings. The summed E-state index contributed by atoms with van der Waals surface area (Å²) in [7, 11) is 0. The number of imidazole rings is 1. The summed E-state index contributed by atoms with van der Waals surface area (Å²) in [4.78, 5) is 9.66. The summed E-state index contributed by atoms with van der Waals surface area (Å²) in [5.41, 5.74) is 3.43. The molecule has 0 aliphatic carbocycles. The number of aryl methyl sites for hydroxylation is 3. The Hall–Kier alpha value is -2.30. The molecule has 3 rings (SSSR count). The van der Waals surface area contributed by atoms with Crippen molar-refractivity contribution in [2.75, 3.05) is 0 Å². The zero-order valence-electron chi connectivity index (χ0n) is 10.9. The minimum Gasteiger partial charge on any atom is -0.365 e. The Morgan fingerprint density at radius 3 is 1.94 bits per heavy atom. The van der Waals surface area contributed by atoms with E-state index in [4.69, 9.17) is 0 Å². The topological polar surface area (TPSA) is 73.2 Å². The van der Waals surface area contributed by atoms with Crippen LogP contribution in [0, 0.1) is 20.8 Å². The Morgan fingerprint density at radius 2 is 1.78 bits per heavy atom. The second-order valence-electron chi connectivity index (χ2n) is 3.83. The molecule has 0 spiro atoms. The van der Waals surface area contributed by atoms with Crippen molar-refractivity contribution in [3.05, 3.63) is 60.2 Å². The van der Waals surface area contributed by atoms with Crippen molar-refractivity contribution < 1.29 is 0 Å². The standard InChI is InChI=1S/C5H7N.2C4H6N2/c1-5-3-2-4-6-5;1-4-2-5-3-6-4;1-4-2-3-5-6-4/h2-4,6H,1H3;2*2-3H,1H3,(H,5,6). The van der Waals surface area contributed by atoms with Crippen LogP contribution in [0.3, 0.4) is 0 Å². The van der Waals surface area contributed by atoms with Gasteiger partial charge in [-0.05, 0) is 39.0 Å². The summed E-state index contributed by atoms with van der Waals surface area (Å²) >= 11 is 0. The second kappa shape index (κ2) is 7.89. The van der Waals surface area contributed by atoms with Crippen LogP contribution in [0.5, 0.6) is 0 Å². The molecule has 0 fully saturated rings. The molecule has 96 valence electrons. The lowest BCUT2D eigenvalue weighted by Crippen LogP contribution is -1.65. The number of rotatable bonds is 0.